The van der Waals surface area contributed by atoms with Crippen molar-refractivity contribution in [3.05, 3.63) is 84.4 Å². The van der Waals surface area contributed by atoms with Crippen LogP contribution in [0.15, 0.2) is 83.8 Å². The van der Waals surface area contributed by atoms with Crippen LogP contribution < -0.4 is 14.8 Å². The van der Waals surface area contributed by atoms with E-state index in [0.717, 1.165) is 0 Å². The summed E-state index contributed by atoms with van der Waals surface area (Å²) in [4.78, 5) is 12.4. The second-order valence-corrected chi connectivity index (χ2v) is 7.34. The highest BCUT2D eigenvalue weighted by molar-refractivity contribution is 7.92. The molecular formula is C20H18N2O4S. The van der Waals surface area contributed by atoms with E-state index in [2.05, 4.69) is 10.0 Å². The van der Waals surface area contributed by atoms with Crippen molar-refractivity contribution in [1.29, 1.82) is 0 Å². The zero-order chi connectivity index (χ0) is 19.3. The van der Waals surface area contributed by atoms with E-state index in [-0.39, 0.29) is 16.5 Å². The van der Waals surface area contributed by atoms with E-state index in [9.17, 15) is 13.2 Å². The average Bonchev–Trinajstić information content (AvgIpc) is 2.70. The molecule has 2 N–H and O–H groups in total. The number of rotatable bonds is 6. The molecule has 0 heterocycles. The SMILES string of the molecule is COc1cc(NC(=O)c2ccccc2)ccc1NS(=O)(=O)c1ccccc1. The number of hydrogen-bond donors (Lipinski definition) is 2. The molecule has 0 atom stereocenters. The molecule has 3 aromatic rings. The lowest BCUT2D eigenvalue weighted by molar-refractivity contribution is 0.102. The highest BCUT2D eigenvalue weighted by atomic mass is 32.2. The minimum absolute atomic E-state index is 0.147. The topological polar surface area (TPSA) is 84.5 Å². The summed E-state index contributed by atoms with van der Waals surface area (Å²) >= 11 is 0. The number of benzene rings is 3. The monoisotopic (exact) mass is 382 g/mol. The van der Waals surface area contributed by atoms with Crippen molar-refractivity contribution < 1.29 is 17.9 Å². The molecule has 0 spiro atoms. The molecule has 6 nitrogen and oxygen atoms in total. The Morgan fingerprint density at radius 2 is 1.52 bits per heavy atom. The van der Waals surface area contributed by atoms with E-state index in [0.29, 0.717) is 17.0 Å². The zero-order valence-corrected chi connectivity index (χ0v) is 15.4. The van der Waals surface area contributed by atoms with Crippen LogP contribution in [0.2, 0.25) is 0 Å². The molecule has 3 aromatic carbocycles. The quantitative estimate of drug-likeness (QED) is 0.680. The van der Waals surface area contributed by atoms with Crippen LogP contribution in [0.25, 0.3) is 0 Å². The molecule has 7 heteroatoms. The number of hydrogen-bond acceptors (Lipinski definition) is 4. The van der Waals surface area contributed by atoms with E-state index < -0.39 is 10.0 Å². The molecular weight excluding hydrogens is 364 g/mol. The largest absolute Gasteiger partial charge is 0.494 e. The third-order valence-electron chi connectivity index (χ3n) is 3.79. The summed E-state index contributed by atoms with van der Waals surface area (Å²) in [7, 11) is -2.31. The van der Waals surface area contributed by atoms with Crippen LogP contribution in [0.5, 0.6) is 5.75 Å². The molecule has 0 saturated heterocycles. The number of sulfonamides is 1. The molecule has 0 aliphatic carbocycles. The molecule has 3 rings (SSSR count). The maximum Gasteiger partial charge on any atom is 0.262 e. The van der Waals surface area contributed by atoms with Crippen LogP contribution in [0, 0.1) is 0 Å². The highest BCUT2D eigenvalue weighted by Gasteiger charge is 2.17. The summed E-state index contributed by atoms with van der Waals surface area (Å²) in [6, 6.07) is 21.5. The summed E-state index contributed by atoms with van der Waals surface area (Å²) in [5.74, 6) is 0.0237. The molecule has 0 radical (unpaired) electrons. The van der Waals surface area contributed by atoms with Gasteiger partial charge in [-0.15, -0.1) is 0 Å². The number of amides is 1. The Labute approximate surface area is 157 Å². The van der Waals surface area contributed by atoms with Gasteiger partial charge in [-0.3, -0.25) is 9.52 Å². The van der Waals surface area contributed by atoms with E-state index >= 15 is 0 Å². The first-order valence-electron chi connectivity index (χ1n) is 8.12. The molecule has 0 bridgehead atoms. The van der Waals surface area contributed by atoms with E-state index in [1.54, 1.807) is 60.7 Å². The number of anilines is 2. The average molecular weight is 382 g/mol. The minimum atomic E-state index is -3.74. The van der Waals surface area contributed by atoms with Crippen LogP contribution in [-0.2, 0) is 10.0 Å². The van der Waals surface area contributed by atoms with Gasteiger partial charge in [0.15, 0.2) is 0 Å². The van der Waals surface area contributed by atoms with Crippen molar-refractivity contribution in [2.75, 3.05) is 17.1 Å². The van der Waals surface area contributed by atoms with Crippen molar-refractivity contribution >= 4 is 27.3 Å². The number of methoxy groups -OCH3 is 1. The predicted octanol–water partition coefficient (Wildman–Crippen LogP) is 3.75. The Kier molecular flexibility index (Phi) is 5.42. The van der Waals surface area contributed by atoms with Gasteiger partial charge in [0.1, 0.15) is 5.75 Å². The zero-order valence-electron chi connectivity index (χ0n) is 14.5. The van der Waals surface area contributed by atoms with Gasteiger partial charge in [0.2, 0.25) is 0 Å². The second kappa shape index (κ2) is 7.92. The van der Waals surface area contributed by atoms with Gasteiger partial charge in [-0.25, -0.2) is 8.42 Å². The molecule has 138 valence electrons. The third kappa shape index (κ3) is 4.45. The third-order valence-corrected chi connectivity index (χ3v) is 5.17. The van der Waals surface area contributed by atoms with Crippen LogP contribution in [-0.4, -0.2) is 21.4 Å². The first-order chi connectivity index (χ1) is 13.0. The Hall–Kier alpha value is -3.32. The smallest absolute Gasteiger partial charge is 0.262 e. The minimum Gasteiger partial charge on any atom is -0.494 e. The summed E-state index contributed by atoms with van der Waals surface area (Å²) in [6.07, 6.45) is 0. The van der Waals surface area contributed by atoms with Gasteiger partial charge in [0, 0.05) is 17.3 Å². The van der Waals surface area contributed by atoms with Crippen LogP contribution in [0.1, 0.15) is 10.4 Å². The maximum atomic E-state index is 12.5. The predicted molar refractivity (Wildman–Crippen MR) is 105 cm³/mol. The first kappa shape index (κ1) is 18.5. The Morgan fingerprint density at radius 1 is 0.889 bits per heavy atom. The summed E-state index contributed by atoms with van der Waals surface area (Å²) in [5.41, 5.74) is 1.28. The lowest BCUT2D eigenvalue weighted by Gasteiger charge is -2.14. The lowest BCUT2D eigenvalue weighted by Crippen LogP contribution is -2.14. The van der Waals surface area contributed by atoms with Gasteiger partial charge >= 0.3 is 0 Å². The molecule has 0 aromatic heterocycles. The van der Waals surface area contributed by atoms with Crippen LogP contribution in [0.3, 0.4) is 0 Å². The van der Waals surface area contributed by atoms with Crippen LogP contribution >= 0.6 is 0 Å². The van der Waals surface area contributed by atoms with Crippen molar-refractivity contribution in [1.82, 2.24) is 0 Å². The fourth-order valence-corrected chi connectivity index (χ4v) is 3.54. The first-order valence-corrected chi connectivity index (χ1v) is 9.60. The number of carbonyl (C=O) groups is 1. The highest BCUT2D eigenvalue weighted by Crippen LogP contribution is 2.30. The molecule has 0 fully saturated rings. The van der Waals surface area contributed by atoms with Crippen molar-refractivity contribution in [2.24, 2.45) is 0 Å². The van der Waals surface area contributed by atoms with Gasteiger partial charge < -0.3 is 10.1 Å². The summed E-state index contributed by atoms with van der Waals surface area (Å²) in [6.45, 7) is 0. The molecule has 0 saturated carbocycles. The lowest BCUT2D eigenvalue weighted by atomic mass is 10.2. The second-order valence-electron chi connectivity index (χ2n) is 5.65. The normalized spacial score (nSPS) is 10.9. The summed E-state index contributed by atoms with van der Waals surface area (Å²) < 4.78 is 32.7. The van der Waals surface area contributed by atoms with Gasteiger partial charge in [0.25, 0.3) is 15.9 Å². The van der Waals surface area contributed by atoms with Crippen molar-refractivity contribution in [2.45, 2.75) is 4.90 Å². The fourth-order valence-electron chi connectivity index (χ4n) is 2.45. The Bertz CT molecular complexity index is 1040. The van der Waals surface area contributed by atoms with E-state index in [4.69, 9.17) is 4.74 Å². The van der Waals surface area contributed by atoms with Gasteiger partial charge in [-0.2, -0.15) is 0 Å². The molecule has 0 aliphatic heterocycles. The number of nitrogens with one attached hydrogen (secondary N) is 2. The van der Waals surface area contributed by atoms with Crippen LogP contribution in [0.4, 0.5) is 11.4 Å². The molecule has 27 heavy (non-hydrogen) atoms. The van der Waals surface area contributed by atoms with Gasteiger partial charge in [-0.05, 0) is 36.4 Å². The molecule has 0 unspecified atom stereocenters. The Morgan fingerprint density at radius 3 is 2.15 bits per heavy atom. The van der Waals surface area contributed by atoms with E-state index in [1.165, 1.54) is 19.2 Å². The van der Waals surface area contributed by atoms with Crippen molar-refractivity contribution in [3.8, 4) is 5.75 Å². The standard InChI is InChI=1S/C20H18N2O4S/c1-26-19-14-16(21-20(23)15-8-4-2-5-9-15)12-13-18(19)22-27(24,25)17-10-6-3-7-11-17/h2-14,22H,1H3,(H,21,23). The van der Waals surface area contributed by atoms with Gasteiger partial charge in [0.05, 0.1) is 17.7 Å². The number of carbonyl (C=O) groups excluding carboxylic acids is 1. The molecule has 0 aliphatic rings. The number of ether oxygens (including phenoxy) is 1. The maximum absolute atomic E-state index is 12.5. The fraction of sp³-hybridized carbons (Fsp3) is 0.0500. The van der Waals surface area contributed by atoms with Gasteiger partial charge in [-0.1, -0.05) is 36.4 Å². The Balaban J connectivity index is 1.82. The molecule has 1 amide bonds. The summed E-state index contributed by atoms with van der Waals surface area (Å²) in [5, 5.41) is 2.76. The van der Waals surface area contributed by atoms with E-state index in [1.807, 2.05) is 6.07 Å². The van der Waals surface area contributed by atoms with Crippen molar-refractivity contribution in [3.63, 3.8) is 0 Å².